The van der Waals surface area contributed by atoms with Gasteiger partial charge >= 0.3 is 0 Å². The highest BCUT2D eigenvalue weighted by atomic mass is 35.5. The van der Waals surface area contributed by atoms with Crippen LogP contribution in [-0.4, -0.2) is 36.3 Å². The lowest BCUT2D eigenvalue weighted by Gasteiger charge is -2.20. The topological polar surface area (TPSA) is 62.6 Å². The molecule has 1 aliphatic heterocycles. The van der Waals surface area contributed by atoms with Crippen molar-refractivity contribution >= 4 is 23.4 Å². The molecule has 0 unspecified atom stereocenters. The van der Waals surface area contributed by atoms with Crippen LogP contribution in [0.4, 0.5) is 0 Å². The number of halogens is 1. The number of rotatable bonds is 5. The number of nitrogens with one attached hydrogen (secondary N) is 1. The molecule has 0 aromatic carbocycles. The standard InChI is InChI=1S/C14H19ClN2O3/c15-13-11(6-10-20-13)14(19)16-7-4-9-17-8-3-1-2-5-12(17)18/h6,10H,1-5,7-9H2,(H,16,19). The fourth-order valence-corrected chi connectivity index (χ4v) is 2.50. The second-order valence-electron chi connectivity index (χ2n) is 4.91. The fraction of sp³-hybridized carbons (Fsp3) is 0.571. The molecule has 2 amide bonds. The highest BCUT2D eigenvalue weighted by Gasteiger charge is 2.16. The molecule has 0 saturated carbocycles. The van der Waals surface area contributed by atoms with E-state index in [0.29, 0.717) is 25.1 Å². The first-order valence-corrected chi connectivity index (χ1v) is 7.35. The molecule has 1 aromatic heterocycles. The summed E-state index contributed by atoms with van der Waals surface area (Å²) < 4.78 is 4.87. The van der Waals surface area contributed by atoms with Crippen LogP contribution in [0.3, 0.4) is 0 Å². The third-order valence-electron chi connectivity index (χ3n) is 3.42. The van der Waals surface area contributed by atoms with Gasteiger partial charge in [0.25, 0.3) is 5.91 Å². The molecule has 1 N–H and O–H groups in total. The monoisotopic (exact) mass is 298 g/mol. The molecule has 0 aliphatic carbocycles. The minimum Gasteiger partial charge on any atom is -0.452 e. The molecule has 0 radical (unpaired) electrons. The lowest BCUT2D eigenvalue weighted by Crippen LogP contribution is -2.33. The van der Waals surface area contributed by atoms with Crippen molar-refractivity contribution < 1.29 is 14.0 Å². The Kier molecular flexibility index (Phi) is 5.47. The number of hydrogen-bond acceptors (Lipinski definition) is 3. The van der Waals surface area contributed by atoms with Gasteiger partial charge in [-0.2, -0.15) is 0 Å². The molecule has 1 saturated heterocycles. The summed E-state index contributed by atoms with van der Waals surface area (Å²) in [6.45, 7) is 2.04. The lowest BCUT2D eigenvalue weighted by atomic mass is 10.2. The lowest BCUT2D eigenvalue weighted by molar-refractivity contribution is -0.130. The fourth-order valence-electron chi connectivity index (χ4n) is 2.30. The number of hydrogen-bond donors (Lipinski definition) is 1. The first-order valence-electron chi connectivity index (χ1n) is 6.97. The highest BCUT2D eigenvalue weighted by molar-refractivity contribution is 6.32. The minimum absolute atomic E-state index is 0.102. The molecule has 1 aliphatic rings. The van der Waals surface area contributed by atoms with Gasteiger partial charge in [-0.05, 0) is 36.9 Å². The summed E-state index contributed by atoms with van der Waals surface area (Å²) >= 11 is 5.73. The largest absolute Gasteiger partial charge is 0.452 e. The summed E-state index contributed by atoms with van der Waals surface area (Å²) in [7, 11) is 0. The van der Waals surface area contributed by atoms with E-state index in [1.165, 1.54) is 12.3 Å². The normalized spacial score (nSPS) is 16.1. The van der Waals surface area contributed by atoms with Crippen LogP contribution < -0.4 is 5.32 Å². The van der Waals surface area contributed by atoms with E-state index < -0.39 is 0 Å². The summed E-state index contributed by atoms with van der Waals surface area (Å²) in [6, 6.07) is 1.54. The Labute approximate surface area is 123 Å². The van der Waals surface area contributed by atoms with Crippen LogP contribution in [0.5, 0.6) is 0 Å². The van der Waals surface area contributed by atoms with Crippen molar-refractivity contribution in [2.75, 3.05) is 19.6 Å². The summed E-state index contributed by atoms with van der Waals surface area (Å²) in [4.78, 5) is 25.4. The van der Waals surface area contributed by atoms with Gasteiger partial charge in [-0.1, -0.05) is 6.42 Å². The van der Waals surface area contributed by atoms with Gasteiger partial charge in [0.05, 0.1) is 11.8 Å². The average Bonchev–Trinajstić information content (AvgIpc) is 2.75. The SMILES string of the molecule is O=C(NCCCN1CCCCCC1=O)c1ccoc1Cl. The Hall–Kier alpha value is -1.49. The van der Waals surface area contributed by atoms with Gasteiger partial charge in [0.1, 0.15) is 0 Å². The second-order valence-corrected chi connectivity index (χ2v) is 5.25. The maximum Gasteiger partial charge on any atom is 0.256 e. The van der Waals surface area contributed by atoms with Gasteiger partial charge in [0, 0.05) is 26.1 Å². The first-order chi connectivity index (χ1) is 9.68. The van der Waals surface area contributed by atoms with E-state index in [-0.39, 0.29) is 17.0 Å². The molecule has 1 aromatic rings. The number of furan rings is 1. The summed E-state index contributed by atoms with van der Waals surface area (Å²) in [5.41, 5.74) is 0.345. The van der Waals surface area contributed by atoms with Gasteiger partial charge in [0.2, 0.25) is 11.1 Å². The Morgan fingerprint density at radius 1 is 1.40 bits per heavy atom. The van der Waals surface area contributed by atoms with Gasteiger partial charge in [-0.15, -0.1) is 0 Å². The third kappa shape index (κ3) is 4.00. The molecule has 2 rings (SSSR count). The van der Waals surface area contributed by atoms with Crippen LogP contribution in [0.15, 0.2) is 16.7 Å². The van der Waals surface area contributed by atoms with Crippen LogP contribution in [-0.2, 0) is 4.79 Å². The average molecular weight is 299 g/mol. The maximum atomic E-state index is 11.8. The van der Waals surface area contributed by atoms with E-state index in [2.05, 4.69) is 5.32 Å². The van der Waals surface area contributed by atoms with Gasteiger partial charge in [-0.3, -0.25) is 9.59 Å². The van der Waals surface area contributed by atoms with Crippen molar-refractivity contribution in [1.82, 2.24) is 10.2 Å². The van der Waals surface area contributed by atoms with E-state index in [0.717, 1.165) is 32.2 Å². The molecule has 110 valence electrons. The van der Waals surface area contributed by atoms with Crippen molar-refractivity contribution in [3.63, 3.8) is 0 Å². The van der Waals surface area contributed by atoms with Gasteiger partial charge in [0.15, 0.2) is 0 Å². The van der Waals surface area contributed by atoms with Crippen molar-refractivity contribution in [3.05, 3.63) is 23.1 Å². The Balaban J connectivity index is 1.69. The molecule has 1 fully saturated rings. The predicted octanol–water partition coefficient (Wildman–Crippen LogP) is 2.46. The molecular weight excluding hydrogens is 280 g/mol. The van der Waals surface area contributed by atoms with E-state index in [9.17, 15) is 9.59 Å². The highest BCUT2D eigenvalue weighted by Crippen LogP contribution is 2.16. The van der Waals surface area contributed by atoms with Gasteiger partial charge < -0.3 is 14.6 Å². The molecule has 0 bridgehead atoms. The zero-order valence-corrected chi connectivity index (χ0v) is 12.1. The molecule has 20 heavy (non-hydrogen) atoms. The minimum atomic E-state index is -0.244. The zero-order valence-electron chi connectivity index (χ0n) is 11.4. The summed E-state index contributed by atoms with van der Waals surface area (Å²) in [6.07, 6.45) is 5.96. The van der Waals surface area contributed by atoms with Crippen LogP contribution in [0, 0.1) is 0 Å². The number of amides is 2. The Morgan fingerprint density at radius 3 is 3.00 bits per heavy atom. The summed E-state index contributed by atoms with van der Waals surface area (Å²) in [5, 5.41) is 2.88. The Bertz CT molecular complexity index is 473. The number of nitrogens with zero attached hydrogens (tertiary/aromatic N) is 1. The van der Waals surface area contributed by atoms with Crippen molar-refractivity contribution in [1.29, 1.82) is 0 Å². The van der Waals surface area contributed by atoms with E-state index >= 15 is 0 Å². The predicted molar refractivity (Wildman–Crippen MR) is 75.7 cm³/mol. The van der Waals surface area contributed by atoms with E-state index in [1.807, 2.05) is 4.90 Å². The first kappa shape index (κ1) is 14.9. The summed E-state index contributed by atoms with van der Waals surface area (Å²) in [5.74, 6) is -0.0161. The number of likely N-dealkylation sites (tertiary alicyclic amines) is 1. The molecule has 2 heterocycles. The van der Waals surface area contributed by atoms with Gasteiger partial charge in [-0.25, -0.2) is 0 Å². The molecule has 5 nitrogen and oxygen atoms in total. The molecule has 0 atom stereocenters. The smallest absolute Gasteiger partial charge is 0.256 e. The van der Waals surface area contributed by atoms with Crippen LogP contribution >= 0.6 is 11.6 Å². The second kappa shape index (κ2) is 7.33. The third-order valence-corrected chi connectivity index (χ3v) is 3.72. The van der Waals surface area contributed by atoms with Crippen molar-refractivity contribution in [3.8, 4) is 0 Å². The van der Waals surface area contributed by atoms with Crippen molar-refractivity contribution in [2.24, 2.45) is 0 Å². The van der Waals surface area contributed by atoms with E-state index in [1.54, 1.807) is 0 Å². The maximum absolute atomic E-state index is 11.8. The molecule has 6 heteroatoms. The van der Waals surface area contributed by atoms with Crippen LogP contribution in [0.1, 0.15) is 42.5 Å². The zero-order chi connectivity index (χ0) is 14.4. The quantitative estimate of drug-likeness (QED) is 0.849. The Morgan fingerprint density at radius 2 is 2.25 bits per heavy atom. The van der Waals surface area contributed by atoms with Crippen molar-refractivity contribution in [2.45, 2.75) is 32.1 Å². The van der Waals surface area contributed by atoms with Crippen LogP contribution in [0.25, 0.3) is 0 Å². The van der Waals surface area contributed by atoms with Crippen LogP contribution in [0.2, 0.25) is 5.22 Å². The number of carbonyl (C=O) groups excluding carboxylic acids is 2. The molecular formula is C14H19ClN2O3. The number of carbonyl (C=O) groups is 2. The molecule has 0 spiro atoms. The van der Waals surface area contributed by atoms with E-state index in [4.69, 9.17) is 16.0 Å².